The van der Waals surface area contributed by atoms with Crippen molar-refractivity contribution in [3.8, 4) is 11.6 Å². The van der Waals surface area contributed by atoms with Crippen LogP contribution in [0.25, 0.3) is 0 Å². The summed E-state index contributed by atoms with van der Waals surface area (Å²) in [6.07, 6.45) is 0.508. The van der Waals surface area contributed by atoms with E-state index in [9.17, 15) is 9.59 Å². The van der Waals surface area contributed by atoms with Gasteiger partial charge in [-0.05, 0) is 38.0 Å². The number of aromatic nitrogens is 1. The van der Waals surface area contributed by atoms with Crippen LogP contribution in [-0.2, 0) is 14.3 Å². The van der Waals surface area contributed by atoms with E-state index in [0.717, 1.165) is 5.56 Å². The van der Waals surface area contributed by atoms with Gasteiger partial charge in [0.15, 0.2) is 6.10 Å². The molecular weight excluding hydrogens is 324 g/mol. The Labute approximate surface area is 144 Å². The zero-order chi connectivity index (χ0) is 17.8. The number of rotatable bonds is 5. The van der Waals surface area contributed by atoms with Crippen molar-refractivity contribution in [3.63, 3.8) is 0 Å². The molecule has 7 heteroatoms. The van der Waals surface area contributed by atoms with Crippen LogP contribution in [-0.4, -0.2) is 34.2 Å². The minimum Gasteiger partial charge on any atom is -0.479 e. The van der Waals surface area contributed by atoms with Gasteiger partial charge >= 0.3 is 5.97 Å². The van der Waals surface area contributed by atoms with Gasteiger partial charge in [-0.25, -0.2) is 9.78 Å². The van der Waals surface area contributed by atoms with Gasteiger partial charge in [-0.15, -0.1) is 0 Å². The lowest BCUT2D eigenvalue weighted by Gasteiger charge is -2.12. The molecule has 1 fully saturated rings. The minimum absolute atomic E-state index is 0.328. The van der Waals surface area contributed by atoms with E-state index < -0.39 is 18.2 Å². The van der Waals surface area contributed by atoms with E-state index in [0.29, 0.717) is 30.2 Å². The Morgan fingerprint density at radius 3 is 2.48 bits per heavy atom. The van der Waals surface area contributed by atoms with Gasteiger partial charge in [0.05, 0.1) is 11.9 Å². The van der Waals surface area contributed by atoms with Crippen LogP contribution in [0.15, 0.2) is 42.6 Å². The van der Waals surface area contributed by atoms with Crippen LogP contribution in [0.3, 0.4) is 0 Å². The highest BCUT2D eigenvalue weighted by atomic mass is 16.5. The van der Waals surface area contributed by atoms with Crippen LogP contribution in [0, 0.1) is 6.92 Å². The third-order valence-electron chi connectivity index (χ3n) is 3.83. The van der Waals surface area contributed by atoms with Gasteiger partial charge in [0.2, 0.25) is 5.88 Å². The zero-order valence-corrected chi connectivity index (χ0v) is 13.6. The van der Waals surface area contributed by atoms with Gasteiger partial charge in [0.25, 0.3) is 5.91 Å². The lowest BCUT2D eigenvalue weighted by molar-refractivity contribution is -0.150. The second-order valence-corrected chi connectivity index (χ2v) is 5.82. The van der Waals surface area contributed by atoms with Gasteiger partial charge in [-0.2, -0.15) is 0 Å². The molecule has 3 rings (SSSR count). The molecule has 2 N–H and O–H groups in total. The Hall–Kier alpha value is -2.93. The van der Waals surface area contributed by atoms with E-state index >= 15 is 0 Å². The van der Waals surface area contributed by atoms with Crippen LogP contribution in [0.5, 0.6) is 11.6 Å². The Morgan fingerprint density at radius 1 is 1.16 bits per heavy atom. The molecule has 1 aliphatic heterocycles. The molecule has 0 unspecified atom stereocenters. The molecule has 0 aliphatic carbocycles. The van der Waals surface area contributed by atoms with E-state index in [1.807, 2.05) is 31.2 Å². The number of anilines is 1. The fraction of sp³-hybridized carbons (Fsp3) is 0.278. The van der Waals surface area contributed by atoms with Crippen molar-refractivity contribution in [1.29, 1.82) is 0 Å². The minimum atomic E-state index is -1.05. The molecule has 2 heterocycles. The first-order chi connectivity index (χ1) is 12.0. The van der Waals surface area contributed by atoms with Crippen molar-refractivity contribution in [3.05, 3.63) is 48.2 Å². The number of nitrogens with zero attached hydrogens (tertiary/aromatic N) is 1. The van der Waals surface area contributed by atoms with Crippen molar-refractivity contribution in [2.24, 2.45) is 0 Å². The molecule has 1 saturated heterocycles. The summed E-state index contributed by atoms with van der Waals surface area (Å²) in [5.41, 5.74) is 1.63. The van der Waals surface area contributed by atoms with Crippen LogP contribution in [0.1, 0.15) is 18.4 Å². The molecule has 0 radical (unpaired) electrons. The zero-order valence-electron chi connectivity index (χ0n) is 13.6. The average molecular weight is 342 g/mol. The molecule has 130 valence electrons. The lowest BCUT2D eigenvalue weighted by atomic mass is 10.2. The second kappa shape index (κ2) is 7.31. The predicted molar refractivity (Wildman–Crippen MR) is 89.7 cm³/mol. The summed E-state index contributed by atoms with van der Waals surface area (Å²) in [4.78, 5) is 27.1. The highest BCUT2D eigenvalue weighted by Crippen LogP contribution is 2.23. The second-order valence-electron chi connectivity index (χ2n) is 5.82. The Balaban J connectivity index is 1.56. The summed E-state index contributed by atoms with van der Waals surface area (Å²) in [7, 11) is 0. The number of carbonyl (C=O) groups excluding carboxylic acids is 1. The van der Waals surface area contributed by atoms with Gasteiger partial charge in [-0.1, -0.05) is 17.7 Å². The monoisotopic (exact) mass is 342 g/mol. The number of hydrogen-bond donors (Lipinski definition) is 2. The standard InChI is InChI=1S/C18H18N2O5/c1-11-2-5-13(6-3-11)24-16-9-4-12(10-19-16)20-17(21)14-7-8-15(25-14)18(22)23/h2-6,9-10,14-15H,7-8H2,1H3,(H,20,21)(H,22,23)/t14-,15+/m0/s1. The number of aryl methyl sites for hydroxylation is 1. The topological polar surface area (TPSA) is 97.8 Å². The summed E-state index contributed by atoms with van der Waals surface area (Å²) < 4.78 is 10.8. The number of ether oxygens (including phenoxy) is 2. The number of carboxylic acid groups (broad SMARTS) is 1. The van der Waals surface area contributed by atoms with Gasteiger partial charge in [0.1, 0.15) is 11.9 Å². The van der Waals surface area contributed by atoms with Crippen molar-refractivity contribution < 1.29 is 24.2 Å². The molecule has 0 spiro atoms. The van der Waals surface area contributed by atoms with Crippen LogP contribution >= 0.6 is 0 Å². The molecule has 1 aliphatic rings. The maximum absolute atomic E-state index is 12.1. The SMILES string of the molecule is Cc1ccc(Oc2ccc(NC(=O)[C@@H]3CC[C@H](C(=O)O)O3)cn2)cc1. The Morgan fingerprint density at radius 2 is 1.88 bits per heavy atom. The van der Waals surface area contributed by atoms with E-state index in [1.54, 1.807) is 12.1 Å². The van der Waals surface area contributed by atoms with Crippen molar-refractivity contribution in [2.75, 3.05) is 5.32 Å². The smallest absolute Gasteiger partial charge is 0.332 e. The number of hydrogen-bond acceptors (Lipinski definition) is 5. The van der Waals surface area contributed by atoms with Gasteiger partial charge in [-0.3, -0.25) is 4.79 Å². The number of nitrogens with one attached hydrogen (secondary N) is 1. The number of aliphatic carboxylic acids is 1. The third-order valence-corrected chi connectivity index (χ3v) is 3.83. The third kappa shape index (κ3) is 4.33. The first-order valence-electron chi connectivity index (χ1n) is 7.91. The molecule has 1 aromatic heterocycles. The van der Waals surface area contributed by atoms with Crippen LogP contribution in [0.2, 0.25) is 0 Å². The first kappa shape index (κ1) is 16.9. The van der Waals surface area contributed by atoms with E-state index in [4.69, 9.17) is 14.6 Å². The molecular formula is C18H18N2O5. The van der Waals surface area contributed by atoms with Gasteiger partial charge < -0.3 is 19.9 Å². The van der Waals surface area contributed by atoms with Crippen molar-refractivity contribution in [2.45, 2.75) is 32.0 Å². The quantitative estimate of drug-likeness (QED) is 0.867. The summed E-state index contributed by atoms with van der Waals surface area (Å²) >= 11 is 0. The van der Waals surface area contributed by atoms with E-state index in [2.05, 4.69) is 10.3 Å². The normalized spacial score (nSPS) is 19.4. The van der Waals surface area contributed by atoms with E-state index in [1.165, 1.54) is 6.20 Å². The maximum Gasteiger partial charge on any atom is 0.332 e. The number of benzene rings is 1. The molecule has 1 aromatic carbocycles. The number of pyridine rings is 1. The molecule has 2 atom stereocenters. The lowest BCUT2D eigenvalue weighted by Crippen LogP contribution is -2.29. The number of carboxylic acids is 1. The average Bonchev–Trinajstić information content (AvgIpc) is 3.09. The summed E-state index contributed by atoms with van der Waals surface area (Å²) in [6.45, 7) is 1.99. The molecule has 25 heavy (non-hydrogen) atoms. The first-order valence-corrected chi connectivity index (χ1v) is 7.91. The van der Waals surface area contributed by atoms with Crippen LogP contribution in [0.4, 0.5) is 5.69 Å². The molecule has 0 bridgehead atoms. The number of amides is 1. The summed E-state index contributed by atoms with van der Waals surface area (Å²) in [6, 6.07) is 10.9. The van der Waals surface area contributed by atoms with Crippen molar-refractivity contribution in [1.82, 2.24) is 4.98 Å². The van der Waals surface area contributed by atoms with Gasteiger partial charge in [0, 0.05) is 6.07 Å². The predicted octanol–water partition coefficient (Wildman–Crippen LogP) is 2.75. The maximum atomic E-state index is 12.1. The molecule has 1 amide bonds. The number of carbonyl (C=O) groups is 2. The Bertz CT molecular complexity index is 758. The highest BCUT2D eigenvalue weighted by Gasteiger charge is 2.34. The summed E-state index contributed by atoms with van der Waals surface area (Å²) in [5, 5.41) is 11.6. The fourth-order valence-corrected chi connectivity index (χ4v) is 2.48. The largest absolute Gasteiger partial charge is 0.479 e. The van der Waals surface area contributed by atoms with Crippen molar-refractivity contribution >= 4 is 17.6 Å². The molecule has 0 saturated carbocycles. The molecule has 2 aromatic rings. The Kier molecular flexibility index (Phi) is 4.95. The summed E-state index contributed by atoms with van der Waals surface area (Å²) in [5.74, 6) is -0.341. The van der Waals surface area contributed by atoms with Crippen LogP contribution < -0.4 is 10.1 Å². The molecule has 7 nitrogen and oxygen atoms in total. The van der Waals surface area contributed by atoms with E-state index in [-0.39, 0.29) is 5.91 Å². The fourth-order valence-electron chi connectivity index (χ4n) is 2.48. The highest BCUT2D eigenvalue weighted by molar-refractivity contribution is 5.94.